The lowest BCUT2D eigenvalue weighted by Gasteiger charge is -2.34. The average Bonchev–Trinajstić information content (AvgIpc) is 2.95. The van der Waals surface area contributed by atoms with Gasteiger partial charge in [-0.1, -0.05) is 66.7 Å². The van der Waals surface area contributed by atoms with E-state index in [9.17, 15) is 4.79 Å². The largest absolute Gasteiger partial charge is 0.452 e. The van der Waals surface area contributed by atoms with Gasteiger partial charge >= 0.3 is 6.09 Å². The highest BCUT2D eigenvalue weighted by Gasteiger charge is 2.52. The fourth-order valence-electron chi connectivity index (χ4n) is 4.86. The minimum atomic E-state index is -2.97. The summed E-state index contributed by atoms with van der Waals surface area (Å²) >= 11 is 0. The third kappa shape index (κ3) is 3.67. The van der Waals surface area contributed by atoms with Gasteiger partial charge in [-0.3, -0.25) is 4.90 Å². The molecule has 2 aromatic carbocycles. The molecule has 5 heteroatoms. The lowest BCUT2D eigenvalue weighted by atomic mass is 10.0. The molecule has 0 saturated carbocycles. The molecule has 4 nitrogen and oxygen atoms in total. The Bertz CT molecular complexity index is 874. The van der Waals surface area contributed by atoms with Gasteiger partial charge in [-0.2, -0.15) is 0 Å². The summed E-state index contributed by atoms with van der Waals surface area (Å²) in [5, 5.41) is 0. The molecule has 1 saturated heterocycles. The summed E-state index contributed by atoms with van der Waals surface area (Å²) in [6.07, 6.45) is 6.08. The van der Waals surface area contributed by atoms with Crippen molar-refractivity contribution in [2.45, 2.75) is 43.4 Å². The number of ether oxygens (including phenoxy) is 1. The lowest BCUT2D eigenvalue weighted by Crippen LogP contribution is -2.31. The van der Waals surface area contributed by atoms with E-state index in [4.69, 9.17) is 4.74 Å². The third-order valence-electron chi connectivity index (χ3n) is 6.20. The Morgan fingerprint density at radius 2 is 1.48 bits per heavy atom. The fraction of sp³-hybridized carbons (Fsp3) is 0.375. The first kappa shape index (κ1) is 20.0. The van der Waals surface area contributed by atoms with Crippen LogP contribution in [0, 0.1) is 0 Å². The van der Waals surface area contributed by atoms with Crippen LogP contribution in [-0.4, -0.2) is 24.6 Å². The van der Waals surface area contributed by atoms with Crippen LogP contribution in [0.2, 0.25) is 0 Å². The molecule has 0 radical (unpaired) electrons. The number of nitrogens with zero attached hydrogens (tertiary/aromatic N) is 1. The van der Waals surface area contributed by atoms with Gasteiger partial charge in [0.25, 0.3) is 0 Å². The smallest absolute Gasteiger partial charge is 0.414 e. The van der Waals surface area contributed by atoms with Crippen LogP contribution in [0.4, 0.5) is 4.79 Å². The van der Waals surface area contributed by atoms with E-state index in [2.05, 4.69) is 30.3 Å². The first-order valence-electron chi connectivity index (χ1n) is 10.4. The molecule has 2 aliphatic rings. The van der Waals surface area contributed by atoms with Gasteiger partial charge in [0.1, 0.15) is 7.14 Å². The van der Waals surface area contributed by atoms with Crippen molar-refractivity contribution in [2.75, 3.05) is 13.7 Å². The van der Waals surface area contributed by atoms with Crippen molar-refractivity contribution >= 4 is 13.2 Å². The number of hydrogen-bond donors (Lipinski definition) is 0. The van der Waals surface area contributed by atoms with Gasteiger partial charge in [-0.05, 0) is 43.2 Å². The van der Waals surface area contributed by atoms with E-state index < -0.39 is 13.2 Å². The number of allylic oxidation sites excluding steroid dienone is 1. The molecular weight excluding hydrogens is 381 g/mol. The molecule has 0 unspecified atom stereocenters. The number of carbonyl (C=O) groups is 1. The Kier molecular flexibility index (Phi) is 5.91. The zero-order valence-electron chi connectivity index (χ0n) is 16.9. The topological polar surface area (TPSA) is 46.6 Å². The van der Waals surface area contributed by atoms with Gasteiger partial charge in [0, 0.05) is 17.9 Å². The Hall–Kier alpha value is -2.32. The highest BCUT2D eigenvalue weighted by Crippen LogP contribution is 2.81. The minimum absolute atomic E-state index is 0.0783. The molecule has 2 aromatic rings. The number of carbonyl (C=O) groups excluding carboxylic acids is 1. The van der Waals surface area contributed by atoms with Crippen LogP contribution in [0.3, 0.4) is 0 Å². The Morgan fingerprint density at radius 3 is 2.00 bits per heavy atom. The van der Waals surface area contributed by atoms with Gasteiger partial charge in [-0.25, -0.2) is 4.79 Å². The summed E-state index contributed by atoms with van der Waals surface area (Å²) < 4.78 is 20.2. The number of rotatable bonds is 3. The summed E-state index contributed by atoms with van der Waals surface area (Å²) in [7, 11) is -1.57. The van der Waals surface area contributed by atoms with Crippen molar-refractivity contribution in [2.24, 2.45) is 0 Å². The molecule has 0 aromatic heterocycles. The first-order chi connectivity index (χ1) is 14.2. The molecular formula is C24H28NO3P. The average molecular weight is 409 g/mol. The zero-order valence-corrected chi connectivity index (χ0v) is 17.8. The standard InChI is InChI=1S/C24H28NO3P/c1-28-24(26)25-18-10-4-9-15-23(25)29(27)21(19-11-5-2-6-12-19)16-17-22(29)20-13-7-3-8-14-20/h2-3,5-8,11-15,21-22H,4,9-10,16-18H2,1H3/t21-,22-/m1/s1. The van der Waals surface area contributed by atoms with E-state index in [1.807, 2.05) is 36.4 Å². The van der Waals surface area contributed by atoms with Crippen LogP contribution in [0.15, 0.2) is 72.2 Å². The molecule has 2 heterocycles. The van der Waals surface area contributed by atoms with Gasteiger partial charge < -0.3 is 9.30 Å². The van der Waals surface area contributed by atoms with Crippen LogP contribution in [0.5, 0.6) is 0 Å². The molecule has 0 bridgehead atoms. The van der Waals surface area contributed by atoms with Gasteiger partial charge in [0.2, 0.25) is 0 Å². The summed E-state index contributed by atoms with van der Waals surface area (Å²) in [5.41, 5.74) is 2.76. The van der Waals surface area contributed by atoms with Crippen LogP contribution in [0.1, 0.15) is 54.5 Å². The number of benzene rings is 2. The summed E-state index contributed by atoms with van der Waals surface area (Å²) in [5.74, 6) is 0. The minimum Gasteiger partial charge on any atom is -0.452 e. The van der Waals surface area contributed by atoms with Gasteiger partial charge in [0.05, 0.1) is 12.5 Å². The second-order valence-electron chi connectivity index (χ2n) is 7.82. The van der Waals surface area contributed by atoms with Crippen LogP contribution in [0.25, 0.3) is 0 Å². The normalized spacial score (nSPS) is 23.9. The molecule has 4 rings (SSSR count). The first-order valence-corrected chi connectivity index (χ1v) is 12.3. The maximum Gasteiger partial charge on any atom is 0.414 e. The van der Waals surface area contributed by atoms with Crippen molar-refractivity contribution in [1.82, 2.24) is 4.90 Å². The maximum absolute atomic E-state index is 15.1. The van der Waals surface area contributed by atoms with Crippen LogP contribution < -0.4 is 0 Å². The fourth-order valence-corrected chi connectivity index (χ4v) is 9.20. The highest BCUT2D eigenvalue weighted by atomic mass is 31.2. The molecule has 0 N–H and O–H groups in total. The third-order valence-corrected chi connectivity index (χ3v) is 10.3. The van der Waals surface area contributed by atoms with Crippen LogP contribution >= 0.6 is 7.14 Å². The molecule has 0 aliphatic carbocycles. The van der Waals surface area contributed by atoms with Crippen molar-refractivity contribution in [3.05, 3.63) is 83.3 Å². The lowest BCUT2D eigenvalue weighted by molar-refractivity contribution is 0.138. The molecule has 2 atom stereocenters. The zero-order chi connectivity index (χ0) is 20.3. The van der Waals surface area contributed by atoms with E-state index in [0.29, 0.717) is 12.0 Å². The summed E-state index contributed by atoms with van der Waals surface area (Å²) in [6.45, 7) is 0.561. The highest BCUT2D eigenvalue weighted by molar-refractivity contribution is 7.69. The molecule has 1 amide bonds. The van der Waals surface area contributed by atoms with E-state index in [-0.39, 0.29) is 11.3 Å². The monoisotopic (exact) mass is 409 g/mol. The number of hydrogen-bond acceptors (Lipinski definition) is 3. The summed E-state index contributed by atoms with van der Waals surface area (Å²) in [4.78, 5) is 14.3. The predicted molar refractivity (Wildman–Crippen MR) is 116 cm³/mol. The number of amides is 1. The Morgan fingerprint density at radius 1 is 0.931 bits per heavy atom. The van der Waals surface area contributed by atoms with Crippen molar-refractivity contribution in [1.29, 1.82) is 0 Å². The van der Waals surface area contributed by atoms with E-state index in [1.54, 1.807) is 4.90 Å². The second-order valence-corrected chi connectivity index (χ2v) is 10.9. The van der Waals surface area contributed by atoms with Crippen molar-refractivity contribution in [3.63, 3.8) is 0 Å². The Balaban J connectivity index is 1.87. The van der Waals surface area contributed by atoms with E-state index in [0.717, 1.165) is 43.2 Å². The predicted octanol–water partition coefficient (Wildman–Crippen LogP) is 6.72. The maximum atomic E-state index is 15.1. The second kappa shape index (κ2) is 8.59. The Labute approximate surface area is 172 Å². The molecule has 0 spiro atoms. The molecule has 152 valence electrons. The van der Waals surface area contributed by atoms with Gasteiger partial charge in [0.15, 0.2) is 0 Å². The SMILES string of the molecule is COC(=O)N1CCCCC=C1P1(=O)[C@@H](c2ccccc2)CC[C@@H]1c1ccccc1. The molecule has 1 fully saturated rings. The molecule has 29 heavy (non-hydrogen) atoms. The van der Waals surface area contributed by atoms with Crippen LogP contribution in [-0.2, 0) is 9.30 Å². The van der Waals surface area contributed by atoms with E-state index >= 15 is 4.57 Å². The number of methoxy groups -OCH3 is 1. The molecule has 2 aliphatic heterocycles. The van der Waals surface area contributed by atoms with Crippen molar-refractivity contribution < 1.29 is 14.1 Å². The van der Waals surface area contributed by atoms with E-state index in [1.165, 1.54) is 7.11 Å². The quantitative estimate of drug-likeness (QED) is 0.529. The van der Waals surface area contributed by atoms with Crippen molar-refractivity contribution in [3.8, 4) is 0 Å². The summed E-state index contributed by atoms with van der Waals surface area (Å²) in [6, 6.07) is 20.3. The van der Waals surface area contributed by atoms with Gasteiger partial charge in [-0.15, -0.1) is 0 Å².